The number of hydrogen-bond acceptors (Lipinski definition) is 2. The van der Waals surface area contributed by atoms with Gasteiger partial charge in [0.2, 0.25) is 5.52 Å². The van der Waals surface area contributed by atoms with E-state index in [-0.39, 0.29) is 24.0 Å². The summed E-state index contributed by atoms with van der Waals surface area (Å²) < 4.78 is 9.05. The smallest absolute Gasteiger partial charge is 0.262 e. The van der Waals surface area contributed by atoms with E-state index in [1.165, 1.54) is 15.2 Å². The Kier molecular flexibility index (Phi) is 5.97. The Morgan fingerprint density at radius 2 is 1.77 bits per heavy atom. The molecular weight excluding hydrogens is 405 g/mol. The first-order valence-corrected chi connectivity index (χ1v) is 7.87. The van der Waals surface area contributed by atoms with E-state index in [2.05, 4.69) is 54.0 Å². The molecule has 0 atom stereocenters. The number of halogens is 1. The third kappa shape index (κ3) is 3.33. The van der Waals surface area contributed by atoms with Gasteiger partial charge in [0.15, 0.2) is 0 Å². The zero-order valence-electron chi connectivity index (χ0n) is 12.6. The number of aromatic nitrogens is 1. The minimum absolute atomic E-state index is 0. The summed E-state index contributed by atoms with van der Waals surface area (Å²) in [5.41, 5.74) is 2.39. The van der Waals surface area contributed by atoms with E-state index < -0.39 is 0 Å². The minimum Gasteiger partial charge on any atom is -1.00 e. The van der Waals surface area contributed by atoms with Crippen molar-refractivity contribution in [1.82, 2.24) is 0 Å². The lowest BCUT2D eigenvalue weighted by Crippen LogP contribution is -3.00. The van der Waals surface area contributed by atoms with E-state index in [0.29, 0.717) is 0 Å². The lowest BCUT2D eigenvalue weighted by Gasteiger charge is -2.02. The summed E-state index contributed by atoms with van der Waals surface area (Å²) in [6, 6.07) is 16.6. The normalized spacial score (nSPS) is 10.8. The molecular formula is C18H18INOS. The van der Waals surface area contributed by atoms with E-state index >= 15 is 0 Å². The van der Waals surface area contributed by atoms with E-state index in [1.807, 2.05) is 29.5 Å². The Balaban J connectivity index is 0.00000176. The van der Waals surface area contributed by atoms with Crippen LogP contribution in [0.25, 0.3) is 22.4 Å². The number of benzene rings is 2. The molecule has 1 heterocycles. The van der Waals surface area contributed by atoms with Crippen LogP contribution < -0.4 is 33.3 Å². The molecule has 0 spiro atoms. The average molecular weight is 423 g/mol. The van der Waals surface area contributed by atoms with Gasteiger partial charge in [0, 0.05) is 17.7 Å². The Bertz CT molecular complexity index is 795. The molecule has 0 aliphatic rings. The fourth-order valence-corrected chi connectivity index (χ4v) is 3.60. The van der Waals surface area contributed by atoms with Crippen LogP contribution in [0.4, 0.5) is 0 Å². The summed E-state index contributed by atoms with van der Waals surface area (Å²) in [6.07, 6.45) is 4.29. The van der Waals surface area contributed by atoms with Crippen LogP contribution in [0, 0.1) is 0 Å². The zero-order valence-corrected chi connectivity index (χ0v) is 15.6. The molecule has 0 saturated heterocycles. The van der Waals surface area contributed by atoms with Crippen molar-refractivity contribution in [2.45, 2.75) is 13.5 Å². The van der Waals surface area contributed by atoms with Crippen LogP contribution in [-0.4, -0.2) is 7.11 Å². The average Bonchev–Trinajstić information content (AvgIpc) is 2.90. The summed E-state index contributed by atoms with van der Waals surface area (Å²) in [5, 5.41) is 1.25. The van der Waals surface area contributed by atoms with Crippen molar-refractivity contribution in [2.75, 3.05) is 7.11 Å². The van der Waals surface area contributed by atoms with Gasteiger partial charge in [0.1, 0.15) is 17.0 Å². The van der Waals surface area contributed by atoms with Gasteiger partial charge in [0.25, 0.3) is 5.01 Å². The van der Waals surface area contributed by atoms with Crippen LogP contribution in [0.3, 0.4) is 0 Å². The second kappa shape index (κ2) is 7.74. The molecule has 1 aromatic heterocycles. The van der Waals surface area contributed by atoms with Crippen molar-refractivity contribution in [3.8, 4) is 5.75 Å². The van der Waals surface area contributed by atoms with Gasteiger partial charge in [-0.05, 0) is 25.1 Å². The maximum Gasteiger partial charge on any atom is 0.262 e. The fourth-order valence-electron chi connectivity index (χ4n) is 2.47. The monoisotopic (exact) mass is 423 g/mol. The number of hydrogen-bond donors (Lipinski definition) is 0. The lowest BCUT2D eigenvalue weighted by atomic mass is 10.2. The number of thiazole rings is 1. The van der Waals surface area contributed by atoms with Gasteiger partial charge in [-0.15, -0.1) is 0 Å². The number of fused-ring (bicyclic) bond motifs is 1. The van der Waals surface area contributed by atoms with Crippen molar-refractivity contribution < 1.29 is 33.3 Å². The second-order valence-corrected chi connectivity index (χ2v) is 5.79. The number of nitrogens with zero attached hydrogens (tertiary/aromatic N) is 1. The Labute approximate surface area is 152 Å². The zero-order chi connectivity index (χ0) is 14.7. The van der Waals surface area contributed by atoms with Crippen LogP contribution in [0.5, 0.6) is 5.75 Å². The van der Waals surface area contributed by atoms with Gasteiger partial charge < -0.3 is 28.7 Å². The van der Waals surface area contributed by atoms with Gasteiger partial charge in [0.05, 0.1) is 7.11 Å². The van der Waals surface area contributed by atoms with Gasteiger partial charge in [-0.25, -0.2) is 0 Å². The van der Waals surface area contributed by atoms with Crippen LogP contribution in [-0.2, 0) is 6.54 Å². The van der Waals surface area contributed by atoms with Gasteiger partial charge in [-0.3, -0.25) is 0 Å². The number of methoxy groups -OCH3 is 1. The third-order valence-corrected chi connectivity index (χ3v) is 4.63. The van der Waals surface area contributed by atoms with Gasteiger partial charge >= 0.3 is 0 Å². The molecule has 0 unspecified atom stereocenters. The number of aryl methyl sites for hydroxylation is 1. The first-order valence-electron chi connectivity index (χ1n) is 7.06. The van der Waals surface area contributed by atoms with E-state index in [9.17, 15) is 0 Å². The van der Waals surface area contributed by atoms with Crippen LogP contribution in [0.2, 0.25) is 0 Å². The molecule has 0 aliphatic heterocycles. The molecule has 4 heteroatoms. The van der Waals surface area contributed by atoms with Crippen LogP contribution in [0.1, 0.15) is 17.5 Å². The van der Waals surface area contributed by atoms with Crippen LogP contribution >= 0.6 is 11.3 Å². The highest BCUT2D eigenvalue weighted by atomic mass is 127. The molecule has 3 aromatic rings. The highest BCUT2D eigenvalue weighted by Gasteiger charge is 2.15. The van der Waals surface area contributed by atoms with E-state index in [4.69, 9.17) is 4.74 Å². The topological polar surface area (TPSA) is 13.1 Å². The summed E-state index contributed by atoms with van der Waals surface area (Å²) in [7, 11) is 1.71. The quantitative estimate of drug-likeness (QED) is 0.457. The molecule has 114 valence electrons. The molecule has 0 aliphatic carbocycles. The molecule has 0 amide bonds. The maximum absolute atomic E-state index is 5.39. The van der Waals surface area contributed by atoms with Gasteiger partial charge in [-0.1, -0.05) is 41.7 Å². The SMILES string of the molecule is CC[n+]1c(C=Cc2ccccc2OC)sc2ccccc21.[I-]. The van der Waals surface area contributed by atoms with Crippen molar-refractivity contribution >= 4 is 33.7 Å². The molecule has 0 saturated carbocycles. The standard InChI is InChI=1S/C18H18NOS.HI/c1-3-19-15-9-5-7-11-17(15)21-18(19)13-12-14-8-4-6-10-16(14)20-2;/h4-13H,3H2,1-2H3;1H/q+1;/p-1. The van der Waals surface area contributed by atoms with E-state index in [1.54, 1.807) is 7.11 Å². The number of ether oxygens (including phenoxy) is 1. The first kappa shape index (κ1) is 17.0. The van der Waals surface area contributed by atoms with Gasteiger partial charge in [-0.2, -0.15) is 4.57 Å². The van der Waals surface area contributed by atoms with Crippen molar-refractivity contribution in [3.05, 3.63) is 59.1 Å². The predicted octanol–water partition coefficient (Wildman–Crippen LogP) is 1.39. The molecule has 22 heavy (non-hydrogen) atoms. The minimum atomic E-state index is 0. The molecule has 0 radical (unpaired) electrons. The number of rotatable bonds is 4. The summed E-state index contributed by atoms with van der Waals surface area (Å²) in [4.78, 5) is 0. The van der Waals surface area contributed by atoms with Crippen molar-refractivity contribution in [3.63, 3.8) is 0 Å². The van der Waals surface area contributed by atoms with Crippen molar-refractivity contribution in [2.24, 2.45) is 0 Å². The maximum atomic E-state index is 5.39. The van der Waals surface area contributed by atoms with Crippen LogP contribution in [0.15, 0.2) is 48.5 Å². The number of para-hydroxylation sites is 2. The molecule has 2 aromatic carbocycles. The highest BCUT2D eigenvalue weighted by Crippen LogP contribution is 2.24. The largest absolute Gasteiger partial charge is 1.00 e. The summed E-state index contributed by atoms with van der Waals surface area (Å²) in [6.45, 7) is 3.15. The Morgan fingerprint density at radius 1 is 1.05 bits per heavy atom. The summed E-state index contributed by atoms with van der Waals surface area (Å²) in [5.74, 6) is 0.901. The molecule has 0 fully saturated rings. The Hall–Kier alpha value is -1.40. The fraction of sp³-hybridized carbons (Fsp3) is 0.167. The molecule has 3 rings (SSSR count). The molecule has 2 nitrogen and oxygen atoms in total. The summed E-state index contributed by atoms with van der Waals surface area (Å²) >= 11 is 1.82. The second-order valence-electron chi connectivity index (χ2n) is 4.73. The molecule has 0 N–H and O–H groups in total. The lowest BCUT2D eigenvalue weighted by molar-refractivity contribution is -0.665. The third-order valence-electron chi connectivity index (χ3n) is 3.50. The van der Waals surface area contributed by atoms with E-state index in [0.717, 1.165) is 17.9 Å². The highest BCUT2D eigenvalue weighted by molar-refractivity contribution is 7.18. The van der Waals surface area contributed by atoms with Crippen molar-refractivity contribution in [1.29, 1.82) is 0 Å². The molecule has 0 bridgehead atoms. The predicted molar refractivity (Wildman–Crippen MR) is 89.6 cm³/mol. The first-order chi connectivity index (χ1) is 10.3. The Morgan fingerprint density at radius 3 is 2.55 bits per heavy atom.